The summed E-state index contributed by atoms with van der Waals surface area (Å²) in [6, 6.07) is 6.56. The Bertz CT molecular complexity index is 444. The van der Waals surface area contributed by atoms with Gasteiger partial charge in [-0.1, -0.05) is 29.8 Å². The van der Waals surface area contributed by atoms with Gasteiger partial charge in [0.1, 0.15) is 5.75 Å². The van der Waals surface area contributed by atoms with E-state index in [1.165, 1.54) is 5.56 Å². The first-order chi connectivity index (χ1) is 9.94. The molecule has 3 nitrogen and oxygen atoms in total. The SMILES string of the molecule is CCC(CC)(C(Cc1cc(OC)ccc1Br)NC)N(C)C. The zero-order chi connectivity index (χ0) is 16.0. The lowest BCUT2D eigenvalue weighted by Gasteiger charge is -2.45. The smallest absolute Gasteiger partial charge is 0.119 e. The number of methoxy groups -OCH3 is 1. The van der Waals surface area contributed by atoms with Gasteiger partial charge in [-0.15, -0.1) is 0 Å². The van der Waals surface area contributed by atoms with E-state index in [0.29, 0.717) is 6.04 Å². The van der Waals surface area contributed by atoms with Gasteiger partial charge in [0.05, 0.1) is 7.11 Å². The average Bonchev–Trinajstić information content (AvgIpc) is 2.49. The molecule has 4 heteroatoms. The predicted octanol–water partition coefficient (Wildman–Crippen LogP) is 3.71. The van der Waals surface area contributed by atoms with E-state index in [2.05, 4.69) is 73.3 Å². The van der Waals surface area contributed by atoms with Gasteiger partial charge in [0.15, 0.2) is 0 Å². The van der Waals surface area contributed by atoms with Crippen LogP contribution < -0.4 is 10.1 Å². The molecule has 0 amide bonds. The fourth-order valence-corrected chi connectivity index (χ4v) is 3.71. The van der Waals surface area contributed by atoms with Crippen LogP contribution in [0.5, 0.6) is 5.75 Å². The van der Waals surface area contributed by atoms with Crippen LogP contribution in [0.3, 0.4) is 0 Å². The van der Waals surface area contributed by atoms with Crippen molar-refractivity contribution in [2.45, 2.75) is 44.7 Å². The van der Waals surface area contributed by atoms with Crippen LogP contribution in [-0.2, 0) is 6.42 Å². The van der Waals surface area contributed by atoms with E-state index in [9.17, 15) is 0 Å². The molecule has 120 valence electrons. The summed E-state index contributed by atoms with van der Waals surface area (Å²) in [5, 5.41) is 3.54. The first-order valence-electron chi connectivity index (χ1n) is 7.62. The van der Waals surface area contributed by atoms with E-state index in [-0.39, 0.29) is 5.54 Å². The highest BCUT2D eigenvalue weighted by molar-refractivity contribution is 9.10. The molecule has 0 heterocycles. The summed E-state index contributed by atoms with van der Waals surface area (Å²) in [7, 11) is 8.13. The van der Waals surface area contributed by atoms with Crippen molar-refractivity contribution in [3.05, 3.63) is 28.2 Å². The predicted molar refractivity (Wildman–Crippen MR) is 94.2 cm³/mol. The van der Waals surface area contributed by atoms with Crippen LogP contribution in [-0.4, -0.2) is 44.7 Å². The van der Waals surface area contributed by atoms with Gasteiger partial charge < -0.3 is 15.0 Å². The third-order valence-corrected chi connectivity index (χ3v) is 5.56. The molecule has 1 unspecified atom stereocenters. The van der Waals surface area contributed by atoms with E-state index < -0.39 is 0 Å². The first-order valence-corrected chi connectivity index (χ1v) is 8.41. The van der Waals surface area contributed by atoms with Gasteiger partial charge in [-0.25, -0.2) is 0 Å². The number of hydrogen-bond acceptors (Lipinski definition) is 3. The van der Waals surface area contributed by atoms with Crippen LogP contribution in [0.4, 0.5) is 0 Å². The molecule has 1 rings (SSSR count). The van der Waals surface area contributed by atoms with Crippen molar-refractivity contribution in [2.75, 3.05) is 28.3 Å². The highest BCUT2D eigenvalue weighted by atomic mass is 79.9. The molecule has 1 atom stereocenters. The second-order valence-electron chi connectivity index (χ2n) is 5.71. The molecule has 1 aromatic rings. The van der Waals surface area contributed by atoms with Gasteiger partial charge in [0.2, 0.25) is 0 Å². The minimum Gasteiger partial charge on any atom is -0.497 e. The summed E-state index contributed by atoms with van der Waals surface area (Å²) >= 11 is 3.67. The largest absolute Gasteiger partial charge is 0.497 e. The second kappa shape index (κ2) is 8.16. The number of ether oxygens (including phenoxy) is 1. The van der Waals surface area contributed by atoms with Gasteiger partial charge >= 0.3 is 0 Å². The summed E-state index contributed by atoms with van der Waals surface area (Å²) in [6.45, 7) is 4.54. The zero-order valence-corrected chi connectivity index (χ0v) is 15.8. The molecule has 0 aromatic heterocycles. The second-order valence-corrected chi connectivity index (χ2v) is 6.56. The standard InChI is InChI=1S/C17H29BrN2O/c1-7-17(8-2,20(4)5)16(19-3)12-13-11-14(21-6)9-10-15(13)18/h9-11,16,19H,7-8,12H2,1-6H3. The summed E-state index contributed by atoms with van der Waals surface area (Å²) < 4.78 is 6.50. The monoisotopic (exact) mass is 356 g/mol. The molecular formula is C17H29BrN2O. The molecule has 0 aliphatic carbocycles. The zero-order valence-electron chi connectivity index (χ0n) is 14.2. The third-order valence-electron chi connectivity index (χ3n) is 4.79. The lowest BCUT2D eigenvalue weighted by atomic mass is 9.80. The maximum Gasteiger partial charge on any atom is 0.119 e. The minimum atomic E-state index is 0.150. The normalized spacial score (nSPS) is 13.5. The van der Waals surface area contributed by atoms with Gasteiger partial charge in [-0.05, 0) is 64.2 Å². The molecule has 0 aliphatic rings. The topological polar surface area (TPSA) is 24.5 Å². The van der Waals surface area contributed by atoms with E-state index in [1.54, 1.807) is 7.11 Å². The number of halogens is 1. The molecule has 0 spiro atoms. The molecule has 1 aromatic carbocycles. The quantitative estimate of drug-likeness (QED) is 0.768. The fourth-order valence-electron chi connectivity index (χ4n) is 3.30. The van der Waals surface area contributed by atoms with Crippen LogP contribution in [0.1, 0.15) is 32.3 Å². The van der Waals surface area contributed by atoms with Crippen LogP contribution in [0.25, 0.3) is 0 Å². The maximum atomic E-state index is 5.36. The van der Waals surface area contributed by atoms with Crippen molar-refractivity contribution in [2.24, 2.45) is 0 Å². The molecule has 0 saturated carbocycles. The van der Waals surface area contributed by atoms with E-state index in [0.717, 1.165) is 29.5 Å². The molecule has 1 N–H and O–H groups in total. The van der Waals surface area contributed by atoms with Crippen LogP contribution in [0.2, 0.25) is 0 Å². The Labute approximate surface area is 138 Å². The van der Waals surface area contributed by atoms with Crippen molar-refractivity contribution in [3.8, 4) is 5.75 Å². The summed E-state index contributed by atoms with van der Waals surface area (Å²) in [5.74, 6) is 0.909. The van der Waals surface area contributed by atoms with Crippen LogP contribution >= 0.6 is 15.9 Å². The van der Waals surface area contributed by atoms with Gasteiger partial charge in [-0.2, -0.15) is 0 Å². The van der Waals surface area contributed by atoms with Crippen molar-refractivity contribution in [3.63, 3.8) is 0 Å². The molecule has 0 saturated heterocycles. The van der Waals surface area contributed by atoms with Crippen molar-refractivity contribution >= 4 is 15.9 Å². The lowest BCUT2D eigenvalue weighted by Crippen LogP contribution is -2.58. The van der Waals surface area contributed by atoms with Crippen molar-refractivity contribution in [1.82, 2.24) is 10.2 Å². The Morgan fingerprint density at radius 2 is 1.90 bits per heavy atom. The molecule has 0 radical (unpaired) electrons. The number of benzene rings is 1. The first kappa shape index (κ1) is 18.5. The Morgan fingerprint density at radius 3 is 2.33 bits per heavy atom. The molecule has 0 aliphatic heterocycles. The number of nitrogens with zero attached hydrogens (tertiary/aromatic N) is 1. The van der Waals surface area contributed by atoms with E-state index in [4.69, 9.17) is 4.74 Å². The Morgan fingerprint density at radius 1 is 1.29 bits per heavy atom. The van der Waals surface area contributed by atoms with Gasteiger partial charge in [-0.3, -0.25) is 0 Å². The number of rotatable bonds is 8. The Kier molecular flexibility index (Phi) is 7.17. The van der Waals surface area contributed by atoms with Crippen molar-refractivity contribution in [1.29, 1.82) is 0 Å². The minimum absolute atomic E-state index is 0.150. The van der Waals surface area contributed by atoms with Gasteiger partial charge in [0.25, 0.3) is 0 Å². The maximum absolute atomic E-state index is 5.36. The Balaban J connectivity index is 3.11. The Hall–Kier alpha value is -0.580. The summed E-state index contributed by atoms with van der Waals surface area (Å²) in [4.78, 5) is 2.36. The third kappa shape index (κ3) is 3.99. The number of hydrogen-bond donors (Lipinski definition) is 1. The van der Waals surface area contributed by atoms with Crippen LogP contribution in [0.15, 0.2) is 22.7 Å². The highest BCUT2D eigenvalue weighted by Crippen LogP contribution is 2.31. The fraction of sp³-hybridized carbons (Fsp3) is 0.647. The molecule has 21 heavy (non-hydrogen) atoms. The number of likely N-dealkylation sites (N-methyl/N-ethyl adjacent to an activating group) is 2. The van der Waals surface area contributed by atoms with Crippen molar-refractivity contribution < 1.29 is 4.74 Å². The van der Waals surface area contributed by atoms with Crippen LogP contribution in [0, 0.1) is 0 Å². The van der Waals surface area contributed by atoms with E-state index in [1.807, 2.05) is 6.07 Å². The molecular weight excluding hydrogens is 328 g/mol. The summed E-state index contributed by atoms with van der Waals surface area (Å²) in [5.41, 5.74) is 1.43. The van der Waals surface area contributed by atoms with Gasteiger partial charge in [0, 0.05) is 16.1 Å². The highest BCUT2D eigenvalue weighted by Gasteiger charge is 2.37. The lowest BCUT2D eigenvalue weighted by molar-refractivity contribution is 0.0917. The summed E-state index contributed by atoms with van der Waals surface area (Å²) in [6.07, 6.45) is 3.20. The van der Waals surface area contributed by atoms with E-state index >= 15 is 0 Å². The average molecular weight is 357 g/mol. The molecule has 0 bridgehead atoms. The number of nitrogens with one attached hydrogen (secondary N) is 1. The molecule has 0 fully saturated rings.